The molecule has 2 fully saturated rings. The lowest BCUT2D eigenvalue weighted by Gasteiger charge is -2.41. The molecule has 2 N–H and O–H groups in total. The summed E-state index contributed by atoms with van der Waals surface area (Å²) < 4.78 is 44.4. The van der Waals surface area contributed by atoms with Gasteiger partial charge in [-0.25, -0.2) is 0 Å². The van der Waals surface area contributed by atoms with E-state index in [0.29, 0.717) is 0 Å². The summed E-state index contributed by atoms with van der Waals surface area (Å²) in [4.78, 5) is 15.8. The molecule has 0 radical (unpaired) electrons. The Labute approximate surface area is 190 Å². The van der Waals surface area contributed by atoms with Crippen LogP contribution in [0.15, 0.2) is 48.7 Å². The first kappa shape index (κ1) is 21.9. The van der Waals surface area contributed by atoms with Gasteiger partial charge in [0.05, 0.1) is 17.4 Å². The molecule has 4 nitrogen and oxygen atoms in total. The Morgan fingerprint density at radius 3 is 2.42 bits per heavy atom. The van der Waals surface area contributed by atoms with Crippen LogP contribution in [0.5, 0.6) is 5.75 Å². The molecule has 2 aliphatic rings. The summed E-state index contributed by atoms with van der Waals surface area (Å²) in [5.74, 6) is 1.04. The highest BCUT2D eigenvalue weighted by molar-refractivity contribution is 6.03. The number of carbonyl (C=O) groups excluding carboxylic acids is 1. The van der Waals surface area contributed by atoms with Crippen LogP contribution >= 0.6 is 0 Å². The third-order valence-electron chi connectivity index (χ3n) is 6.99. The standard InChI is InChI=1S/C26H27F3N2O2/c1-25(2)12-17(13-25)24(32)31-23-14-30-22-8-7-19(11-21(22)23)33-20-9-16(10-20)15-3-5-18(6-4-15)26(27,28)29/h3-8,11,14,16-17,20,30H,9-10,12-13H2,1-2H3,(H,31,32)/t16-,20+. The van der Waals surface area contributed by atoms with Crippen molar-refractivity contribution >= 4 is 22.5 Å². The number of fused-ring (bicyclic) bond motifs is 1. The summed E-state index contributed by atoms with van der Waals surface area (Å²) in [7, 11) is 0. The second-order valence-electron chi connectivity index (χ2n) is 10.2. The zero-order valence-corrected chi connectivity index (χ0v) is 18.6. The van der Waals surface area contributed by atoms with Crippen LogP contribution in [0.1, 0.15) is 56.6 Å². The van der Waals surface area contributed by atoms with Gasteiger partial charge in [-0.2, -0.15) is 13.2 Å². The summed E-state index contributed by atoms with van der Waals surface area (Å²) in [5.41, 5.74) is 2.20. The predicted molar refractivity (Wildman–Crippen MR) is 121 cm³/mol. The first-order valence-electron chi connectivity index (χ1n) is 11.3. The van der Waals surface area contributed by atoms with Crippen LogP contribution in [0.25, 0.3) is 10.9 Å². The van der Waals surface area contributed by atoms with Gasteiger partial charge in [-0.1, -0.05) is 26.0 Å². The molecular formula is C26H27F3N2O2. The summed E-state index contributed by atoms with van der Waals surface area (Å²) in [5, 5.41) is 3.95. The first-order valence-corrected chi connectivity index (χ1v) is 11.3. The molecule has 0 unspecified atom stereocenters. The van der Waals surface area contributed by atoms with Crippen molar-refractivity contribution in [2.24, 2.45) is 11.3 Å². The number of hydrogen-bond acceptors (Lipinski definition) is 2. The van der Waals surface area contributed by atoms with E-state index in [0.717, 1.165) is 65.7 Å². The van der Waals surface area contributed by atoms with Crippen LogP contribution in [0, 0.1) is 11.3 Å². The number of benzene rings is 2. The lowest BCUT2D eigenvalue weighted by molar-refractivity contribution is -0.137. The number of H-pyrrole nitrogens is 1. The topological polar surface area (TPSA) is 54.1 Å². The fourth-order valence-corrected chi connectivity index (χ4v) is 5.04. The summed E-state index contributed by atoms with van der Waals surface area (Å²) in [6.07, 6.45) is 0.834. The number of amides is 1. The highest BCUT2D eigenvalue weighted by Gasteiger charge is 2.40. The van der Waals surface area contributed by atoms with Gasteiger partial charge in [0.25, 0.3) is 0 Å². The molecular weight excluding hydrogens is 429 g/mol. The smallest absolute Gasteiger partial charge is 0.416 e. The highest BCUT2D eigenvalue weighted by atomic mass is 19.4. The molecule has 0 aliphatic heterocycles. The molecule has 7 heteroatoms. The third kappa shape index (κ3) is 4.45. The normalized spacial score (nSPS) is 22.5. The SMILES string of the molecule is CC1(C)CC(C(=O)Nc2c[nH]c3ccc(O[C@H]4C[C@@H](c5ccc(C(F)(F)F)cc5)C4)cc23)C1. The number of anilines is 1. The molecule has 2 saturated carbocycles. The van der Waals surface area contributed by atoms with Gasteiger partial charge in [0.15, 0.2) is 0 Å². The molecule has 3 aromatic rings. The van der Waals surface area contributed by atoms with E-state index in [9.17, 15) is 18.0 Å². The predicted octanol–water partition coefficient (Wildman–Crippen LogP) is 6.89. The molecule has 1 amide bonds. The van der Waals surface area contributed by atoms with Gasteiger partial charge in [0, 0.05) is 23.0 Å². The van der Waals surface area contributed by atoms with E-state index < -0.39 is 11.7 Å². The van der Waals surface area contributed by atoms with Crippen LogP contribution in [0.2, 0.25) is 0 Å². The zero-order valence-electron chi connectivity index (χ0n) is 18.6. The summed E-state index contributed by atoms with van der Waals surface area (Å²) >= 11 is 0. The van der Waals surface area contributed by atoms with Crippen molar-refractivity contribution in [2.75, 3.05) is 5.32 Å². The number of nitrogens with one attached hydrogen (secondary N) is 2. The molecule has 1 heterocycles. The van der Waals surface area contributed by atoms with Crippen molar-refractivity contribution in [1.82, 2.24) is 4.98 Å². The number of hydrogen-bond donors (Lipinski definition) is 2. The first-order chi connectivity index (χ1) is 15.6. The van der Waals surface area contributed by atoms with Crippen molar-refractivity contribution in [3.63, 3.8) is 0 Å². The molecule has 2 aromatic carbocycles. The van der Waals surface area contributed by atoms with Crippen molar-refractivity contribution in [3.8, 4) is 5.75 Å². The molecule has 2 aliphatic carbocycles. The van der Waals surface area contributed by atoms with E-state index in [-0.39, 0.29) is 29.3 Å². The maximum Gasteiger partial charge on any atom is 0.416 e. The van der Waals surface area contributed by atoms with Gasteiger partial charge in [0.2, 0.25) is 5.91 Å². The van der Waals surface area contributed by atoms with Crippen LogP contribution in [-0.4, -0.2) is 17.0 Å². The van der Waals surface area contributed by atoms with Gasteiger partial charge >= 0.3 is 6.18 Å². The van der Waals surface area contributed by atoms with E-state index in [4.69, 9.17) is 4.74 Å². The van der Waals surface area contributed by atoms with E-state index in [1.54, 1.807) is 18.3 Å². The summed E-state index contributed by atoms with van der Waals surface area (Å²) in [6.45, 7) is 4.35. The van der Waals surface area contributed by atoms with E-state index in [1.165, 1.54) is 0 Å². The quantitative estimate of drug-likeness (QED) is 0.439. The second kappa shape index (κ2) is 7.82. The molecule has 174 valence electrons. The van der Waals surface area contributed by atoms with Crippen LogP contribution in [0.4, 0.5) is 18.9 Å². The molecule has 0 spiro atoms. The maximum atomic E-state index is 12.8. The minimum atomic E-state index is -4.31. The number of carbonyl (C=O) groups is 1. The number of rotatable bonds is 5. The second-order valence-corrected chi connectivity index (χ2v) is 10.2. The molecule has 0 saturated heterocycles. The Morgan fingerprint density at radius 2 is 1.79 bits per heavy atom. The van der Waals surface area contributed by atoms with E-state index in [1.807, 2.05) is 18.2 Å². The van der Waals surface area contributed by atoms with Crippen molar-refractivity contribution in [1.29, 1.82) is 0 Å². The largest absolute Gasteiger partial charge is 0.490 e. The molecule has 0 bridgehead atoms. The Bertz CT molecular complexity index is 1170. The summed E-state index contributed by atoms with van der Waals surface area (Å²) in [6, 6.07) is 11.2. The number of aromatic amines is 1. The van der Waals surface area contributed by atoms with Gasteiger partial charge < -0.3 is 15.0 Å². The average Bonchev–Trinajstić information content (AvgIpc) is 3.10. The van der Waals surface area contributed by atoms with Gasteiger partial charge in [0.1, 0.15) is 5.75 Å². The van der Waals surface area contributed by atoms with Crippen LogP contribution in [-0.2, 0) is 11.0 Å². The fourth-order valence-electron chi connectivity index (χ4n) is 5.04. The molecule has 5 rings (SSSR count). The van der Waals surface area contributed by atoms with Gasteiger partial charge in [-0.05, 0) is 72.9 Å². The third-order valence-corrected chi connectivity index (χ3v) is 6.99. The van der Waals surface area contributed by atoms with Crippen LogP contribution in [0.3, 0.4) is 0 Å². The minimum absolute atomic E-state index is 0.0175. The Hall–Kier alpha value is -2.96. The van der Waals surface area contributed by atoms with Gasteiger partial charge in [-0.15, -0.1) is 0 Å². The lowest BCUT2D eigenvalue weighted by Crippen LogP contribution is -2.39. The Kier molecular flexibility index (Phi) is 5.18. The Morgan fingerprint density at radius 1 is 1.09 bits per heavy atom. The zero-order chi connectivity index (χ0) is 23.4. The Balaban J connectivity index is 1.20. The number of aromatic nitrogens is 1. The molecule has 1 aromatic heterocycles. The fraction of sp³-hybridized carbons (Fsp3) is 0.423. The minimum Gasteiger partial charge on any atom is -0.490 e. The highest BCUT2D eigenvalue weighted by Crippen LogP contribution is 2.45. The number of alkyl halides is 3. The monoisotopic (exact) mass is 456 g/mol. The van der Waals surface area contributed by atoms with Crippen LogP contribution < -0.4 is 10.1 Å². The van der Waals surface area contributed by atoms with Crippen molar-refractivity contribution in [3.05, 3.63) is 59.8 Å². The molecule has 0 atom stereocenters. The van der Waals surface area contributed by atoms with Crippen molar-refractivity contribution in [2.45, 2.75) is 57.7 Å². The molecule has 33 heavy (non-hydrogen) atoms. The number of ether oxygens (including phenoxy) is 1. The van der Waals surface area contributed by atoms with Gasteiger partial charge in [-0.3, -0.25) is 4.79 Å². The number of halogens is 3. The van der Waals surface area contributed by atoms with Crippen molar-refractivity contribution < 1.29 is 22.7 Å². The average molecular weight is 457 g/mol. The maximum absolute atomic E-state index is 12.8. The van der Waals surface area contributed by atoms with E-state index in [2.05, 4.69) is 24.1 Å². The van der Waals surface area contributed by atoms with E-state index >= 15 is 0 Å². The lowest BCUT2D eigenvalue weighted by atomic mass is 9.64.